The lowest BCUT2D eigenvalue weighted by Gasteiger charge is -2.24. The Kier molecular flexibility index (Phi) is 14.6. The van der Waals surface area contributed by atoms with Gasteiger partial charge in [0.05, 0.1) is 30.9 Å². The van der Waals surface area contributed by atoms with Crippen LogP contribution in [0.15, 0.2) is 48.5 Å². The molecule has 2 aromatic rings. The zero-order chi connectivity index (χ0) is 35.3. The summed E-state index contributed by atoms with van der Waals surface area (Å²) >= 11 is 0. The highest BCUT2D eigenvalue weighted by Crippen LogP contribution is 2.34. The molecule has 0 unspecified atom stereocenters. The number of esters is 4. The van der Waals surface area contributed by atoms with Crippen LogP contribution >= 0.6 is 0 Å². The van der Waals surface area contributed by atoms with Gasteiger partial charge in [0.2, 0.25) is 0 Å². The number of unbranched alkanes of at least 4 members (excludes halogenated alkanes) is 2. The van der Waals surface area contributed by atoms with Crippen molar-refractivity contribution in [2.75, 3.05) is 32.8 Å². The molecule has 49 heavy (non-hydrogen) atoms. The first-order valence-electron chi connectivity index (χ1n) is 17.6. The van der Waals surface area contributed by atoms with Crippen molar-refractivity contribution in [1.29, 1.82) is 0 Å². The van der Waals surface area contributed by atoms with Crippen LogP contribution in [0.1, 0.15) is 117 Å². The summed E-state index contributed by atoms with van der Waals surface area (Å²) < 4.78 is 35.3. The van der Waals surface area contributed by atoms with E-state index in [1.807, 2.05) is 31.7 Å². The van der Waals surface area contributed by atoms with Gasteiger partial charge in [0, 0.05) is 18.1 Å². The largest absolute Gasteiger partial charge is 0.458 e. The predicted molar refractivity (Wildman–Crippen MR) is 181 cm³/mol. The van der Waals surface area contributed by atoms with E-state index in [0.717, 1.165) is 38.8 Å². The van der Waals surface area contributed by atoms with Crippen LogP contribution in [0.25, 0.3) is 0 Å². The molecule has 2 saturated heterocycles. The molecule has 0 N–H and O–H groups in total. The van der Waals surface area contributed by atoms with Crippen LogP contribution in [-0.2, 0) is 38.0 Å². The molecule has 268 valence electrons. The molecule has 0 aromatic heterocycles. The number of carbonyl (C=O) groups excluding carboxylic acids is 4. The highest BCUT2D eigenvalue weighted by atomic mass is 16.7. The maximum Gasteiger partial charge on any atom is 0.339 e. The van der Waals surface area contributed by atoms with Gasteiger partial charge >= 0.3 is 23.9 Å². The molecule has 2 fully saturated rings. The minimum atomic E-state index is -0.733. The predicted octanol–water partition coefficient (Wildman–Crippen LogP) is 6.15. The maximum atomic E-state index is 13.6. The Morgan fingerprint density at radius 1 is 0.714 bits per heavy atom. The van der Waals surface area contributed by atoms with Crippen LogP contribution in [0, 0.1) is 0 Å². The van der Waals surface area contributed by atoms with Gasteiger partial charge in [-0.2, -0.15) is 0 Å². The summed E-state index contributed by atoms with van der Waals surface area (Å²) in [5.41, 5.74) is 1.79. The summed E-state index contributed by atoms with van der Waals surface area (Å²) in [5, 5.41) is 0. The third-order valence-electron chi connectivity index (χ3n) is 9.00. The third-order valence-corrected chi connectivity index (χ3v) is 9.00. The van der Waals surface area contributed by atoms with Gasteiger partial charge in [-0.1, -0.05) is 76.9 Å². The van der Waals surface area contributed by atoms with E-state index >= 15 is 0 Å². The second kappa shape index (κ2) is 18.8. The van der Waals surface area contributed by atoms with Crippen LogP contribution in [0.4, 0.5) is 0 Å². The number of benzene rings is 2. The van der Waals surface area contributed by atoms with Crippen molar-refractivity contribution in [3.63, 3.8) is 0 Å². The summed E-state index contributed by atoms with van der Waals surface area (Å²) in [7, 11) is 0. The Balaban J connectivity index is 1.43. The van der Waals surface area contributed by atoms with Crippen molar-refractivity contribution < 1.29 is 47.6 Å². The number of nitrogens with zero attached hydrogens (tertiary/aromatic N) is 1. The van der Waals surface area contributed by atoms with Crippen molar-refractivity contribution in [1.82, 2.24) is 4.90 Å². The first-order chi connectivity index (χ1) is 23.7. The van der Waals surface area contributed by atoms with E-state index in [9.17, 15) is 19.2 Å². The molecule has 11 heteroatoms. The van der Waals surface area contributed by atoms with E-state index < -0.39 is 54.5 Å². The molecule has 11 nitrogen and oxygen atoms in total. The van der Waals surface area contributed by atoms with Crippen molar-refractivity contribution in [3.8, 4) is 0 Å². The van der Waals surface area contributed by atoms with E-state index in [1.165, 1.54) is 6.92 Å². The molecule has 2 aliphatic heterocycles. The molecule has 0 aliphatic carbocycles. The Bertz CT molecular complexity index is 1410. The van der Waals surface area contributed by atoms with E-state index in [2.05, 4.69) is 6.92 Å². The van der Waals surface area contributed by atoms with Gasteiger partial charge < -0.3 is 28.4 Å². The number of hydrogen-bond donors (Lipinski definition) is 0. The second-order valence-corrected chi connectivity index (χ2v) is 12.5. The van der Waals surface area contributed by atoms with Gasteiger partial charge in [0.1, 0.15) is 24.4 Å². The number of ether oxygens (including phenoxy) is 6. The highest BCUT2D eigenvalue weighted by molar-refractivity contribution is 5.92. The average molecular weight is 682 g/mol. The van der Waals surface area contributed by atoms with Crippen molar-refractivity contribution in [2.24, 2.45) is 0 Å². The SMILES string of the molecule is CCCC[C@H](OC(C)=O)c1ccccc1C(=O)O[C@H]1CO[C@H]2[C@@H]1OC[C@H]2OC(=O)c1ccccc1[C@H](CCCC)OC(=O)CN(CC)CC. The molecule has 0 spiro atoms. The van der Waals surface area contributed by atoms with Crippen LogP contribution < -0.4 is 0 Å². The van der Waals surface area contributed by atoms with E-state index in [0.29, 0.717) is 35.1 Å². The topological polar surface area (TPSA) is 127 Å². The quantitative estimate of drug-likeness (QED) is 0.133. The fourth-order valence-electron chi connectivity index (χ4n) is 6.32. The second-order valence-electron chi connectivity index (χ2n) is 12.5. The van der Waals surface area contributed by atoms with Gasteiger partial charge in [0.25, 0.3) is 0 Å². The van der Waals surface area contributed by atoms with Crippen molar-refractivity contribution >= 4 is 23.9 Å². The summed E-state index contributed by atoms with van der Waals surface area (Å²) in [5.74, 6) is -1.92. The Labute approximate surface area is 289 Å². The van der Waals surface area contributed by atoms with Crippen LogP contribution in [0.5, 0.6) is 0 Å². The molecule has 2 heterocycles. The Morgan fingerprint density at radius 2 is 1.16 bits per heavy atom. The first-order valence-corrected chi connectivity index (χ1v) is 17.6. The van der Waals surface area contributed by atoms with E-state index in [1.54, 1.807) is 42.5 Å². The average Bonchev–Trinajstić information content (AvgIpc) is 3.69. The molecule has 0 amide bonds. The van der Waals surface area contributed by atoms with E-state index in [4.69, 9.17) is 28.4 Å². The molecular weight excluding hydrogens is 630 g/mol. The zero-order valence-electron chi connectivity index (χ0n) is 29.4. The van der Waals surface area contributed by atoms with Crippen LogP contribution in [-0.4, -0.2) is 86.0 Å². The van der Waals surface area contributed by atoms with Crippen molar-refractivity contribution in [3.05, 3.63) is 70.8 Å². The monoisotopic (exact) mass is 681 g/mol. The highest BCUT2D eigenvalue weighted by Gasteiger charge is 2.51. The van der Waals surface area contributed by atoms with Crippen LogP contribution in [0.3, 0.4) is 0 Å². The molecule has 0 saturated carbocycles. The van der Waals surface area contributed by atoms with Gasteiger partial charge in [-0.3, -0.25) is 14.5 Å². The number of fused-ring (bicyclic) bond motifs is 1. The van der Waals surface area contributed by atoms with E-state index in [-0.39, 0.29) is 25.7 Å². The standard InChI is InChI=1S/C38H51NO10/c1-6-10-20-30(46-25(5)40)26-16-12-14-18-28(26)37(42)48-32-23-44-36-33(24-45-35(32)36)49-38(43)29-19-15-13-17-27(29)31(21-11-7-2)47-34(41)22-39(8-3)9-4/h12-19,30-33,35-36H,6-11,20-24H2,1-5H3/t30-,31-,32-,33+,35+,36+/m0/s1. The fourth-order valence-corrected chi connectivity index (χ4v) is 6.32. The van der Waals surface area contributed by atoms with Crippen LogP contribution in [0.2, 0.25) is 0 Å². The number of likely N-dealkylation sites (N-methyl/N-ethyl adjacent to an activating group) is 1. The summed E-state index contributed by atoms with van der Waals surface area (Å²) in [6, 6.07) is 14.0. The molecule has 2 aliphatic rings. The zero-order valence-corrected chi connectivity index (χ0v) is 29.4. The summed E-state index contributed by atoms with van der Waals surface area (Å²) in [6.45, 7) is 11.2. The summed E-state index contributed by atoms with van der Waals surface area (Å²) in [6.07, 6.45) is 0.692. The normalized spacial score (nSPS) is 21.1. The molecule has 0 radical (unpaired) electrons. The maximum absolute atomic E-state index is 13.6. The first kappa shape index (κ1) is 38.0. The number of carbonyl (C=O) groups is 4. The van der Waals surface area contributed by atoms with Gasteiger partial charge in [-0.05, 0) is 50.9 Å². The molecular formula is C38H51NO10. The molecule has 4 rings (SSSR count). The number of hydrogen-bond acceptors (Lipinski definition) is 11. The minimum absolute atomic E-state index is 0.0670. The smallest absolute Gasteiger partial charge is 0.339 e. The minimum Gasteiger partial charge on any atom is -0.458 e. The molecule has 6 atom stereocenters. The molecule has 2 aromatic carbocycles. The lowest BCUT2D eigenvalue weighted by atomic mass is 9.98. The lowest BCUT2D eigenvalue weighted by molar-refractivity contribution is -0.151. The molecule has 0 bridgehead atoms. The van der Waals surface area contributed by atoms with Gasteiger partial charge in [-0.25, -0.2) is 9.59 Å². The third kappa shape index (κ3) is 10.1. The van der Waals surface area contributed by atoms with Gasteiger partial charge in [0.15, 0.2) is 12.2 Å². The number of rotatable bonds is 18. The summed E-state index contributed by atoms with van der Waals surface area (Å²) in [4.78, 5) is 53.8. The van der Waals surface area contributed by atoms with Gasteiger partial charge in [-0.15, -0.1) is 0 Å². The Hall–Kier alpha value is -3.80. The fraction of sp³-hybridized carbons (Fsp3) is 0.579. The van der Waals surface area contributed by atoms with Crippen molar-refractivity contribution in [2.45, 2.75) is 110 Å². The Morgan fingerprint density at radius 3 is 1.59 bits per heavy atom. The lowest BCUT2D eigenvalue weighted by Crippen LogP contribution is -2.36.